The highest BCUT2D eigenvalue weighted by atomic mass is 19.1. The number of pyridine rings is 1. The van der Waals surface area contributed by atoms with Crippen molar-refractivity contribution < 1.29 is 8.78 Å². The van der Waals surface area contributed by atoms with Gasteiger partial charge in [0.2, 0.25) is 0 Å². The molecule has 0 unspecified atom stereocenters. The van der Waals surface area contributed by atoms with Crippen LogP contribution in [0, 0.1) is 18.6 Å². The summed E-state index contributed by atoms with van der Waals surface area (Å²) in [6, 6.07) is 2.44. The van der Waals surface area contributed by atoms with E-state index in [1.165, 1.54) is 0 Å². The zero-order valence-corrected chi connectivity index (χ0v) is 7.88. The molecule has 2 N–H and O–H groups in total. The molecule has 4 nitrogen and oxygen atoms in total. The summed E-state index contributed by atoms with van der Waals surface area (Å²) in [6.07, 6.45) is 0.935. The quantitative estimate of drug-likeness (QED) is 0.798. The first-order valence-electron chi connectivity index (χ1n) is 4.25. The number of hydrogen-bond donors (Lipinski definition) is 2. The van der Waals surface area contributed by atoms with E-state index in [0.29, 0.717) is 5.82 Å². The molecule has 0 atom stereocenters. The molecule has 2 aromatic rings. The average molecular weight is 210 g/mol. The number of aryl methyl sites for hydroxylation is 1. The van der Waals surface area contributed by atoms with Crippen LogP contribution in [0.4, 0.5) is 20.4 Å². The summed E-state index contributed by atoms with van der Waals surface area (Å²) in [6.45, 7) is 1.81. The predicted molar refractivity (Wildman–Crippen MR) is 50.8 cm³/mol. The first-order chi connectivity index (χ1) is 7.15. The van der Waals surface area contributed by atoms with E-state index in [4.69, 9.17) is 0 Å². The molecule has 0 aliphatic carbocycles. The second-order valence-corrected chi connectivity index (χ2v) is 3.05. The van der Waals surface area contributed by atoms with Crippen molar-refractivity contribution in [3.05, 3.63) is 35.7 Å². The van der Waals surface area contributed by atoms with Gasteiger partial charge >= 0.3 is 0 Å². The van der Waals surface area contributed by atoms with Gasteiger partial charge in [0.25, 0.3) is 0 Å². The minimum Gasteiger partial charge on any atom is -0.321 e. The minimum atomic E-state index is -0.754. The SMILES string of the molecule is Cc1cc(Nc2ncc(F)cc2F)n[nH]1. The van der Waals surface area contributed by atoms with E-state index in [0.717, 1.165) is 18.0 Å². The molecule has 2 heterocycles. The van der Waals surface area contributed by atoms with Gasteiger partial charge in [-0.25, -0.2) is 13.8 Å². The Morgan fingerprint density at radius 2 is 2.13 bits per heavy atom. The highest BCUT2D eigenvalue weighted by Crippen LogP contribution is 2.16. The highest BCUT2D eigenvalue weighted by Gasteiger charge is 2.06. The Morgan fingerprint density at radius 3 is 2.73 bits per heavy atom. The zero-order valence-electron chi connectivity index (χ0n) is 7.88. The Hall–Kier alpha value is -1.98. The van der Waals surface area contributed by atoms with Crippen molar-refractivity contribution in [3.63, 3.8) is 0 Å². The van der Waals surface area contributed by atoms with Crippen molar-refractivity contribution >= 4 is 11.6 Å². The van der Waals surface area contributed by atoms with E-state index in [1.807, 2.05) is 6.92 Å². The van der Waals surface area contributed by atoms with Crippen LogP contribution in [-0.4, -0.2) is 15.2 Å². The molecule has 6 heteroatoms. The Bertz CT molecular complexity index is 481. The van der Waals surface area contributed by atoms with Crippen LogP contribution in [0.2, 0.25) is 0 Å². The Balaban J connectivity index is 2.24. The van der Waals surface area contributed by atoms with Crippen LogP contribution in [0.5, 0.6) is 0 Å². The van der Waals surface area contributed by atoms with Crippen LogP contribution in [0.3, 0.4) is 0 Å². The lowest BCUT2D eigenvalue weighted by molar-refractivity contribution is 0.576. The lowest BCUT2D eigenvalue weighted by atomic mass is 10.4. The van der Waals surface area contributed by atoms with Crippen molar-refractivity contribution in [2.45, 2.75) is 6.92 Å². The molecular weight excluding hydrogens is 202 g/mol. The maximum Gasteiger partial charge on any atom is 0.168 e. The van der Waals surface area contributed by atoms with Crippen LogP contribution in [0.1, 0.15) is 5.69 Å². The Kier molecular flexibility index (Phi) is 2.32. The standard InChI is InChI=1S/C9H8F2N4/c1-5-2-8(15-14-5)13-9-7(11)3-6(10)4-12-9/h2-4H,1H3,(H2,12,13,14,15). The van der Waals surface area contributed by atoms with Gasteiger partial charge in [0.1, 0.15) is 5.82 Å². The summed E-state index contributed by atoms with van der Waals surface area (Å²) in [5.41, 5.74) is 0.833. The van der Waals surface area contributed by atoms with Gasteiger partial charge in [0.05, 0.1) is 6.20 Å². The summed E-state index contributed by atoms with van der Waals surface area (Å²) in [5.74, 6) is -1.08. The molecule has 0 bridgehead atoms. The van der Waals surface area contributed by atoms with Crippen LogP contribution in [-0.2, 0) is 0 Å². The van der Waals surface area contributed by atoms with Crippen molar-refractivity contribution in [1.82, 2.24) is 15.2 Å². The van der Waals surface area contributed by atoms with Crippen molar-refractivity contribution in [2.75, 3.05) is 5.32 Å². The second-order valence-electron chi connectivity index (χ2n) is 3.05. The fourth-order valence-corrected chi connectivity index (χ4v) is 1.11. The van der Waals surface area contributed by atoms with E-state index < -0.39 is 11.6 Å². The number of nitrogens with zero attached hydrogens (tertiary/aromatic N) is 2. The predicted octanol–water partition coefficient (Wildman–Crippen LogP) is 2.13. The summed E-state index contributed by atoms with van der Waals surface area (Å²) < 4.78 is 25.7. The fourth-order valence-electron chi connectivity index (χ4n) is 1.11. The molecule has 0 saturated carbocycles. The molecule has 0 spiro atoms. The molecule has 0 amide bonds. The number of aromatic nitrogens is 3. The minimum absolute atomic E-state index is 0.0529. The average Bonchev–Trinajstić information content (AvgIpc) is 2.56. The highest BCUT2D eigenvalue weighted by molar-refractivity contribution is 5.51. The summed E-state index contributed by atoms with van der Waals surface area (Å²) in [5, 5.41) is 9.15. The van der Waals surface area contributed by atoms with Gasteiger partial charge in [0, 0.05) is 17.8 Å². The number of rotatable bonds is 2. The number of anilines is 2. The maximum absolute atomic E-state index is 13.1. The largest absolute Gasteiger partial charge is 0.321 e. The molecular formula is C9H8F2N4. The van der Waals surface area contributed by atoms with Crippen molar-refractivity contribution in [3.8, 4) is 0 Å². The third-order valence-electron chi connectivity index (χ3n) is 1.76. The first-order valence-corrected chi connectivity index (χ1v) is 4.25. The van der Waals surface area contributed by atoms with E-state index in [2.05, 4.69) is 20.5 Å². The van der Waals surface area contributed by atoms with Gasteiger partial charge in [0.15, 0.2) is 17.5 Å². The molecule has 0 aliphatic heterocycles. The van der Waals surface area contributed by atoms with Crippen molar-refractivity contribution in [2.24, 2.45) is 0 Å². The van der Waals surface area contributed by atoms with E-state index in [-0.39, 0.29) is 5.82 Å². The maximum atomic E-state index is 13.1. The van der Waals surface area contributed by atoms with E-state index >= 15 is 0 Å². The monoisotopic (exact) mass is 210 g/mol. The summed E-state index contributed by atoms with van der Waals surface area (Å²) >= 11 is 0. The topological polar surface area (TPSA) is 53.6 Å². The third kappa shape index (κ3) is 2.09. The molecule has 78 valence electrons. The molecule has 0 radical (unpaired) electrons. The van der Waals surface area contributed by atoms with E-state index in [9.17, 15) is 8.78 Å². The third-order valence-corrected chi connectivity index (χ3v) is 1.76. The molecule has 0 fully saturated rings. The lowest BCUT2D eigenvalue weighted by Crippen LogP contribution is -1.98. The molecule has 2 rings (SSSR count). The molecule has 15 heavy (non-hydrogen) atoms. The smallest absolute Gasteiger partial charge is 0.168 e. The Labute approximate surface area is 84.4 Å². The normalized spacial score (nSPS) is 10.3. The van der Waals surface area contributed by atoms with Gasteiger partial charge in [-0.15, -0.1) is 0 Å². The summed E-state index contributed by atoms with van der Waals surface area (Å²) in [4.78, 5) is 3.57. The van der Waals surface area contributed by atoms with Crippen LogP contribution < -0.4 is 5.32 Å². The van der Waals surface area contributed by atoms with Gasteiger partial charge in [-0.05, 0) is 6.92 Å². The number of H-pyrrole nitrogens is 1. The van der Waals surface area contributed by atoms with Gasteiger partial charge in [-0.2, -0.15) is 5.10 Å². The number of aromatic amines is 1. The molecule has 0 aliphatic rings. The van der Waals surface area contributed by atoms with Crippen LogP contribution in [0.25, 0.3) is 0 Å². The molecule has 0 saturated heterocycles. The lowest BCUT2D eigenvalue weighted by Gasteiger charge is -2.02. The number of halogens is 2. The second kappa shape index (κ2) is 3.64. The number of nitrogens with one attached hydrogen (secondary N) is 2. The molecule has 0 aromatic carbocycles. The number of hydrogen-bond acceptors (Lipinski definition) is 3. The van der Waals surface area contributed by atoms with Crippen molar-refractivity contribution in [1.29, 1.82) is 0 Å². The Morgan fingerprint density at radius 1 is 1.33 bits per heavy atom. The van der Waals surface area contributed by atoms with Crippen LogP contribution in [0.15, 0.2) is 18.3 Å². The zero-order chi connectivity index (χ0) is 10.8. The summed E-state index contributed by atoms with van der Waals surface area (Å²) in [7, 11) is 0. The van der Waals surface area contributed by atoms with Gasteiger partial charge < -0.3 is 5.32 Å². The molecule has 2 aromatic heterocycles. The van der Waals surface area contributed by atoms with E-state index in [1.54, 1.807) is 6.07 Å². The van der Waals surface area contributed by atoms with Gasteiger partial charge in [-0.3, -0.25) is 5.10 Å². The van der Waals surface area contributed by atoms with Crippen LogP contribution >= 0.6 is 0 Å². The fraction of sp³-hybridized carbons (Fsp3) is 0.111. The van der Waals surface area contributed by atoms with Gasteiger partial charge in [-0.1, -0.05) is 0 Å². The first kappa shape index (κ1) is 9.57.